The van der Waals surface area contributed by atoms with Crippen molar-refractivity contribution >= 4 is 5.97 Å². The van der Waals surface area contributed by atoms with Gasteiger partial charge in [-0.15, -0.1) is 0 Å². The molecular weight excluding hydrogens is 218 g/mol. The molecule has 0 bridgehead atoms. The summed E-state index contributed by atoms with van der Waals surface area (Å²) in [6.45, 7) is 2.73. The first-order chi connectivity index (χ1) is 8.17. The maximum atomic E-state index is 11.0. The smallest absolute Gasteiger partial charge is 0.321 e. The Bertz CT molecular complexity index is 348. The van der Waals surface area contributed by atoms with Crippen LogP contribution >= 0.6 is 0 Å². The molecule has 0 spiro atoms. The van der Waals surface area contributed by atoms with Crippen molar-refractivity contribution in [3.8, 4) is 5.75 Å². The Morgan fingerprint density at radius 2 is 2.06 bits per heavy atom. The van der Waals surface area contributed by atoms with Crippen LogP contribution in [0.15, 0.2) is 24.3 Å². The molecule has 0 heterocycles. The van der Waals surface area contributed by atoms with E-state index in [-0.39, 0.29) is 0 Å². The number of hydrogen-bond acceptors (Lipinski definition) is 3. The topological polar surface area (TPSA) is 58.6 Å². The number of aliphatic carboxylic acids is 1. The largest absolute Gasteiger partial charge is 0.497 e. The lowest BCUT2D eigenvalue weighted by atomic mass is 10.1. The normalized spacial score (nSPS) is 12.1. The fraction of sp³-hybridized carbons (Fsp3) is 0.462. The van der Waals surface area contributed by atoms with Crippen LogP contribution in [0.1, 0.15) is 18.9 Å². The molecule has 0 unspecified atom stereocenters. The lowest BCUT2D eigenvalue weighted by Crippen LogP contribution is -2.38. The zero-order valence-corrected chi connectivity index (χ0v) is 10.3. The van der Waals surface area contributed by atoms with Gasteiger partial charge in [0.2, 0.25) is 0 Å². The van der Waals surface area contributed by atoms with Crippen LogP contribution in [0.3, 0.4) is 0 Å². The van der Waals surface area contributed by atoms with Crippen LogP contribution in [0.4, 0.5) is 0 Å². The lowest BCUT2D eigenvalue weighted by molar-refractivity contribution is -0.139. The molecule has 0 aliphatic heterocycles. The minimum absolute atomic E-state index is 0.485. The van der Waals surface area contributed by atoms with Gasteiger partial charge in [0.25, 0.3) is 0 Å². The second kappa shape index (κ2) is 6.91. The average Bonchev–Trinajstić information content (AvgIpc) is 2.35. The molecule has 0 radical (unpaired) electrons. The first-order valence-electron chi connectivity index (χ1n) is 5.76. The molecule has 0 amide bonds. The van der Waals surface area contributed by atoms with Crippen LogP contribution in [0, 0.1) is 0 Å². The van der Waals surface area contributed by atoms with E-state index in [0.717, 1.165) is 17.7 Å². The van der Waals surface area contributed by atoms with Gasteiger partial charge in [-0.25, -0.2) is 0 Å². The third kappa shape index (κ3) is 4.44. The van der Waals surface area contributed by atoms with Gasteiger partial charge >= 0.3 is 5.97 Å². The number of rotatable bonds is 7. The molecule has 0 saturated heterocycles. The summed E-state index contributed by atoms with van der Waals surface area (Å²) in [7, 11) is 1.61. The van der Waals surface area contributed by atoms with Gasteiger partial charge in [0.05, 0.1) is 7.11 Å². The number of nitrogens with one attached hydrogen (secondary N) is 1. The molecule has 2 N–H and O–H groups in total. The molecule has 1 aromatic carbocycles. The van der Waals surface area contributed by atoms with Crippen molar-refractivity contribution in [2.45, 2.75) is 25.8 Å². The molecule has 1 aromatic rings. The van der Waals surface area contributed by atoms with Gasteiger partial charge < -0.3 is 15.2 Å². The molecule has 17 heavy (non-hydrogen) atoms. The first kappa shape index (κ1) is 13.5. The molecule has 4 nitrogen and oxygen atoms in total. The summed E-state index contributed by atoms with van der Waals surface area (Å²) in [6.07, 6.45) is 1.41. The van der Waals surface area contributed by atoms with E-state index >= 15 is 0 Å². The second-order valence-electron chi connectivity index (χ2n) is 3.90. The minimum atomic E-state index is -0.811. The van der Waals surface area contributed by atoms with Crippen molar-refractivity contribution in [2.75, 3.05) is 13.7 Å². The molecule has 0 aromatic heterocycles. The fourth-order valence-corrected chi connectivity index (χ4v) is 1.56. The van der Waals surface area contributed by atoms with Crippen LogP contribution in [-0.2, 0) is 11.2 Å². The van der Waals surface area contributed by atoms with E-state index in [1.807, 2.05) is 31.2 Å². The third-order valence-corrected chi connectivity index (χ3v) is 2.54. The van der Waals surface area contributed by atoms with E-state index in [4.69, 9.17) is 9.84 Å². The number of ether oxygens (including phenoxy) is 1. The Hall–Kier alpha value is -1.55. The highest BCUT2D eigenvalue weighted by molar-refractivity contribution is 5.73. The zero-order valence-electron chi connectivity index (χ0n) is 10.3. The number of hydrogen-bond donors (Lipinski definition) is 2. The monoisotopic (exact) mass is 237 g/mol. The Morgan fingerprint density at radius 3 is 2.53 bits per heavy atom. The van der Waals surface area contributed by atoms with Crippen LogP contribution in [0.2, 0.25) is 0 Å². The number of carboxylic acid groups (broad SMARTS) is 1. The Morgan fingerprint density at radius 1 is 1.41 bits per heavy atom. The van der Waals surface area contributed by atoms with Crippen molar-refractivity contribution < 1.29 is 14.6 Å². The number of carbonyl (C=O) groups is 1. The van der Waals surface area contributed by atoms with Gasteiger partial charge in [-0.3, -0.25) is 4.79 Å². The van der Waals surface area contributed by atoms with Crippen LogP contribution < -0.4 is 10.1 Å². The third-order valence-electron chi connectivity index (χ3n) is 2.54. The SMILES string of the molecule is CCCN[C@@H](Cc1ccc(OC)cc1)C(=O)O. The summed E-state index contributed by atoms with van der Waals surface area (Å²) in [5.74, 6) is -0.0311. The fourth-order valence-electron chi connectivity index (χ4n) is 1.56. The molecule has 1 atom stereocenters. The maximum Gasteiger partial charge on any atom is 0.321 e. The number of carboxylic acids is 1. The first-order valence-corrected chi connectivity index (χ1v) is 5.76. The van der Waals surface area contributed by atoms with E-state index in [1.54, 1.807) is 7.11 Å². The van der Waals surface area contributed by atoms with E-state index in [2.05, 4.69) is 5.32 Å². The summed E-state index contributed by atoms with van der Waals surface area (Å²) in [6, 6.07) is 6.94. The van der Waals surface area contributed by atoms with Crippen molar-refractivity contribution in [2.24, 2.45) is 0 Å². The van der Waals surface area contributed by atoms with Gasteiger partial charge in [0, 0.05) is 0 Å². The van der Waals surface area contributed by atoms with Gasteiger partial charge in [0.1, 0.15) is 11.8 Å². The molecule has 0 aliphatic rings. The highest BCUT2D eigenvalue weighted by atomic mass is 16.5. The van der Waals surface area contributed by atoms with Crippen molar-refractivity contribution in [3.05, 3.63) is 29.8 Å². The van der Waals surface area contributed by atoms with Gasteiger partial charge in [-0.05, 0) is 37.1 Å². The minimum Gasteiger partial charge on any atom is -0.497 e. The quantitative estimate of drug-likeness (QED) is 0.757. The van der Waals surface area contributed by atoms with E-state index < -0.39 is 12.0 Å². The second-order valence-corrected chi connectivity index (χ2v) is 3.90. The Balaban J connectivity index is 2.61. The molecule has 4 heteroatoms. The standard InChI is InChI=1S/C13H19NO3/c1-3-8-14-12(13(15)16)9-10-4-6-11(17-2)7-5-10/h4-7,12,14H,3,8-9H2,1-2H3,(H,15,16)/t12-/m0/s1. The lowest BCUT2D eigenvalue weighted by Gasteiger charge is -2.14. The summed E-state index contributed by atoms with van der Waals surface area (Å²) in [5.41, 5.74) is 0.988. The van der Waals surface area contributed by atoms with E-state index in [9.17, 15) is 4.79 Å². The van der Waals surface area contributed by atoms with Crippen molar-refractivity contribution in [1.82, 2.24) is 5.32 Å². The van der Waals surface area contributed by atoms with Crippen LogP contribution in [-0.4, -0.2) is 30.8 Å². The molecule has 94 valence electrons. The summed E-state index contributed by atoms with van der Waals surface area (Å²) in [4.78, 5) is 11.0. The Labute approximate surface area is 102 Å². The molecule has 0 saturated carbocycles. The number of methoxy groups -OCH3 is 1. The number of benzene rings is 1. The van der Waals surface area contributed by atoms with E-state index in [1.165, 1.54) is 0 Å². The predicted molar refractivity (Wildman–Crippen MR) is 66.4 cm³/mol. The predicted octanol–water partition coefficient (Wildman–Crippen LogP) is 1.69. The van der Waals surface area contributed by atoms with Gasteiger partial charge in [-0.2, -0.15) is 0 Å². The van der Waals surface area contributed by atoms with Crippen molar-refractivity contribution in [3.63, 3.8) is 0 Å². The van der Waals surface area contributed by atoms with E-state index in [0.29, 0.717) is 13.0 Å². The summed E-state index contributed by atoms with van der Waals surface area (Å²) in [5, 5.41) is 12.1. The molecule has 0 aliphatic carbocycles. The maximum absolute atomic E-state index is 11.0. The average molecular weight is 237 g/mol. The van der Waals surface area contributed by atoms with Crippen LogP contribution in [0.25, 0.3) is 0 Å². The summed E-state index contributed by atoms with van der Waals surface area (Å²) < 4.78 is 5.05. The highest BCUT2D eigenvalue weighted by Gasteiger charge is 2.16. The Kier molecular flexibility index (Phi) is 5.49. The molecular formula is C13H19NO3. The molecule has 0 fully saturated rings. The van der Waals surface area contributed by atoms with Crippen molar-refractivity contribution in [1.29, 1.82) is 0 Å². The molecule has 1 rings (SSSR count). The van der Waals surface area contributed by atoms with Gasteiger partial charge in [0.15, 0.2) is 0 Å². The van der Waals surface area contributed by atoms with Crippen LogP contribution in [0.5, 0.6) is 5.75 Å². The van der Waals surface area contributed by atoms with Gasteiger partial charge in [-0.1, -0.05) is 19.1 Å². The highest BCUT2D eigenvalue weighted by Crippen LogP contribution is 2.12. The summed E-state index contributed by atoms with van der Waals surface area (Å²) >= 11 is 0. The zero-order chi connectivity index (χ0) is 12.7.